The molecule has 0 spiro atoms. The lowest BCUT2D eigenvalue weighted by atomic mass is 9.97. The second-order valence-corrected chi connectivity index (χ2v) is 10.4. The molecular formula is C26H38N4O2S. The highest BCUT2D eigenvalue weighted by Crippen LogP contribution is 2.30. The summed E-state index contributed by atoms with van der Waals surface area (Å²) in [6.07, 6.45) is 18.3. The van der Waals surface area contributed by atoms with E-state index >= 15 is 0 Å². The van der Waals surface area contributed by atoms with Gasteiger partial charge in [0.25, 0.3) is 5.91 Å². The van der Waals surface area contributed by atoms with Crippen molar-refractivity contribution in [2.24, 2.45) is 0 Å². The number of piperidine rings is 1. The Bertz CT molecular complexity index is 867. The molecule has 1 aromatic rings. The number of hydrogen-bond donors (Lipinski definition) is 2. The maximum atomic E-state index is 12.5. The van der Waals surface area contributed by atoms with Gasteiger partial charge in [-0.1, -0.05) is 23.3 Å². The lowest BCUT2D eigenvalue weighted by Gasteiger charge is -2.31. The molecule has 0 unspecified atom stereocenters. The number of nitrogens with zero attached hydrogens (tertiary/aromatic N) is 2. The molecule has 1 fully saturated rings. The van der Waals surface area contributed by atoms with Gasteiger partial charge in [-0.25, -0.2) is 9.78 Å². The van der Waals surface area contributed by atoms with E-state index in [4.69, 9.17) is 0 Å². The van der Waals surface area contributed by atoms with Crippen LogP contribution >= 0.6 is 11.3 Å². The quantitative estimate of drug-likeness (QED) is 0.490. The summed E-state index contributed by atoms with van der Waals surface area (Å²) in [5.41, 5.74) is 3.50. The van der Waals surface area contributed by atoms with Gasteiger partial charge in [-0.3, -0.25) is 4.79 Å². The molecule has 33 heavy (non-hydrogen) atoms. The van der Waals surface area contributed by atoms with Gasteiger partial charge in [0, 0.05) is 37.5 Å². The van der Waals surface area contributed by atoms with Gasteiger partial charge in [0.05, 0.1) is 5.01 Å². The van der Waals surface area contributed by atoms with Crippen LogP contribution in [0.2, 0.25) is 0 Å². The minimum atomic E-state index is -0.0706. The number of allylic oxidation sites excluding steroid dienone is 2. The van der Waals surface area contributed by atoms with Crippen molar-refractivity contribution >= 4 is 23.3 Å². The molecule has 180 valence electrons. The van der Waals surface area contributed by atoms with Gasteiger partial charge in [-0.2, -0.15) is 0 Å². The fourth-order valence-corrected chi connectivity index (χ4v) is 6.01. The standard InChI is InChI=1S/C26H38N4O2S/c31-24(27-15-11-20-7-3-1-4-8-20)23-19-33-25(29-23)22-13-17-30(18-14-22)26(32)28-16-12-21-9-5-2-6-10-21/h7,9,19,22H,1-6,8,10-18H2,(H,27,31)(H,28,32). The van der Waals surface area contributed by atoms with Crippen molar-refractivity contribution in [3.05, 3.63) is 39.4 Å². The molecule has 0 saturated carbocycles. The summed E-state index contributed by atoms with van der Waals surface area (Å²) in [4.78, 5) is 31.6. The summed E-state index contributed by atoms with van der Waals surface area (Å²) < 4.78 is 0. The summed E-state index contributed by atoms with van der Waals surface area (Å²) in [7, 11) is 0. The predicted octanol–water partition coefficient (Wildman–Crippen LogP) is 5.54. The first kappa shape index (κ1) is 24.0. The summed E-state index contributed by atoms with van der Waals surface area (Å²) in [5, 5.41) is 9.03. The molecule has 0 bridgehead atoms. The average Bonchev–Trinajstić information content (AvgIpc) is 3.36. The molecule has 2 aliphatic carbocycles. The van der Waals surface area contributed by atoms with Crippen LogP contribution in [0.1, 0.15) is 98.5 Å². The minimum Gasteiger partial charge on any atom is -0.350 e. The van der Waals surface area contributed by atoms with Gasteiger partial charge in [0.15, 0.2) is 0 Å². The number of amides is 3. The molecule has 0 atom stereocenters. The largest absolute Gasteiger partial charge is 0.350 e. The molecule has 1 saturated heterocycles. The van der Waals surface area contributed by atoms with E-state index in [0.717, 1.165) is 50.3 Å². The Morgan fingerprint density at radius 3 is 2.18 bits per heavy atom. The highest BCUT2D eigenvalue weighted by Gasteiger charge is 2.26. The van der Waals surface area contributed by atoms with Crippen LogP contribution in [0.25, 0.3) is 0 Å². The highest BCUT2D eigenvalue weighted by atomic mass is 32.1. The number of nitrogens with one attached hydrogen (secondary N) is 2. The van der Waals surface area contributed by atoms with Crippen LogP contribution in [0.15, 0.2) is 28.7 Å². The third-order valence-electron chi connectivity index (χ3n) is 7.11. The van der Waals surface area contributed by atoms with Crippen molar-refractivity contribution in [1.29, 1.82) is 0 Å². The first-order chi connectivity index (χ1) is 16.2. The Hall–Kier alpha value is -2.15. The van der Waals surface area contributed by atoms with E-state index in [1.807, 2.05) is 10.3 Å². The highest BCUT2D eigenvalue weighted by molar-refractivity contribution is 7.09. The van der Waals surface area contributed by atoms with E-state index in [9.17, 15) is 9.59 Å². The number of thiazole rings is 1. The number of rotatable bonds is 8. The predicted molar refractivity (Wildman–Crippen MR) is 134 cm³/mol. The van der Waals surface area contributed by atoms with Crippen LogP contribution < -0.4 is 10.6 Å². The summed E-state index contributed by atoms with van der Waals surface area (Å²) in [6.45, 7) is 2.90. The Kier molecular flexibility index (Phi) is 8.98. The zero-order valence-electron chi connectivity index (χ0n) is 19.7. The fourth-order valence-electron chi connectivity index (χ4n) is 5.04. The van der Waals surface area contributed by atoms with Crippen LogP contribution in [0.3, 0.4) is 0 Å². The molecule has 7 heteroatoms. The zero-order chi connectivity index (χ0) is 22.9. The molecule has 6 nitrogen and oxygen atoms in total. The SMILES string of the molecule is O=C(NCCC1=CCCCC1)c1csc(C2CCN(C(=O)NCCC3=CCCCC3)CC2)n1. The number of likely N-dealkylation sites (tertiary alicyclic amines) is 1. The lowest BCUT2D eigenvalue weighted by molar-refractivity contribution is 0.0949. The van der Waals surface area contributed by atoms with E-state index in [1.165, 1.54) is 62.5 Å². The molecule has 1 aromatic heterocycles. The molecular weight excluding hydrogens is 432 g/mol. The molecule has 2 N–H and O–H groups in total. The Morgan fingerprint density at radius 1 is 0.939 bits per heavy atom. The second-order valence-electron chi connectivity index (χ2n) is 9.54. The smallest absolute Gasteiger partial charge is 0.317 e. The fraction of sp³-hybridized carbons (Fsp3) is 0.654. The number of aromatic nitrogens is 1. The van der Waals surface area contributed by atoms with Crippen LogP contribution in [0, 0.1) is 0 Å². The van der Waals surface area contributed by atoms with Gasteiger partial charge < -0.3 is 15.5 Å². The van der Waals surface area contributed by atoms with Crippen molar-refractivity contribution in [1.82, 2.24) is 20.5 Å². The van der Waals surface area contributed by atoms with E-state index in [2.05, 4.69) is 27.8 Å². The van der Waals surface area contributed by atoms with Gasteiger partial charge >= 0.3 is 6.03 Å². The second kappa shape index (κ2) is 12.4. The third kappa shape index (κ3) is 7.16. The topological polar surface area (TPSA) is 74.3 Å². The molecule has 2 heterocycles. The van der Waals surface area contributed by atoms with Gasteiger partial charge in [-0.05, 0) is 77.0 Å². The van der Waals surface area contributed by atoms with Crippen LogP contribution in [-0.4, -0.2) is 48.0 Å². The summed E-state index contributed by atoms with van der Waals surface area (Å²) >= 11 is 1.58. The average molecular weight is 471 g/mol. The van der Waals surface area contributed by atoms with Crippen molar-refractivity contribution < 1.29 is 9.59 Å². The Balaban J connectivity index is 1.16. The number of hydrogen-bond acceptors (Lipinski definition) is 4. The molecule has 0 aromatic carbocycles. The van der Waals surface area contributed by atoms with Crippen molar-refractivity contribution in [3.8, 4) is 0 Å². The van der Waals surface area contributed by atoms with E-state index in [-0.39, 0.29) is 11.9 Å². The molecule has 1 aliphatic heterocycles. The Labute approximate surface area is 201 Å². The van der Waals surface area contributed by atoms with Crippen LogP contribution in [0.5, 0.6) is 0 Å². The minimum absolute atomic E-state index is 0.0529. The molecule has 3 amide bonds. The van der Waals surface area contributed by atoms with Gasteiger partial charge in [-0.15, -0.1) is 11.3 Å². The third-order valence-corrected chi connectivity index (χ3v) is 8.12. The first-order valence-corrected chi connectivity index (χ1v) is 13.7. The van der Waals surface area contributed by atoms with E-state index in [1.54, 1.807) is 11.3 Å². The molecule has 0 radical (unpaired) electrons. The summed E-state index contributed by atoms with van der Waals surface area (Å²) in [5.74, 6) is 0.263. The number of carbonyl (C=O) groups is 2. The maximum Gasteiger partial charge on any atom is 0.317 e. The molecule has 4 rings (SSSR count). The van der Waals surface area contributed by atoms with E-state index in [0.29, 0.717) is 18.2 Å². The number of carbonyl (C=O) groups excluding carboxylic acids is 2. The number of urea groups is 1. The monoisotopic (exact) mass is 470 g/mol. The van der Waals surface area contributed by atoms with Crippen LogP contribution in [0.4, 0.5) is 4.79 Å². The van der Waals surface area contributed by atoms with Crippen molar-refractivity contribution in [2.45, 2.75) is 83.0 Å². The van der Waals surface area contributed by atoms with E-state index < -0.39 is 0 Å². The zero-order valence-corrected chi connectivity index (χ0v) is 20.6. The maximum absolute atomic E-state index is 12.5. The van der Waals surface area contributed by atoms with Gasteiger partial charge in [0.1, 0.15) is 5.69 Å². The normalized spacial score (nSPS) is 19.6. The van der Waals surface area contributed by atoms with Crippen LogP contribution in [-0.2, 0) is 0 Å². The van der Waals surface area contributed by atoms with Gasteiger partial charge in [0.2, 0.25) is 0 Å². The van der Waals surface area contributed by atoms with Crippen molar-refractivity contribution in [2.75, 3.05) is 26.2 Å². The first-order valence-electron chi connectivity index (χ1n) is 12.8. The Morgan fingerprint density at radius 2 is 1.58 bits per heavy atom. The molecule has 3 aliphatic rings. The lowest BCUT2D eigenvalue weighted by Crippen LogP contribution is -2.44. The van der Waals surface area contributed by atoms with Crippen molar-refractivity contribution in [3.63, 3.8) is 0 Å². The summed E-state index contributed by atoms with van der Waals surface area (Å²) in [6, 6.07) is 0.0529.